The van der Waals surface area contributed by atoms with Gasteiger partial charge in [-0.25, -0.2) is 0 Å². The van der Waals surface area contributed by atoms with E-state index in [2.05, 4.69) is 0 Å². The van der Waals surface area contributed by atoms with Gasteiger partial charge in [0.15, 0.2) is 0 Å². The molecule has 22 heavy (non-hydrogen) atoms. The van der Waals surface area contributed by atoms with Crippen LogP contribution in [0.2, 0.25) is 0 Å². The Kier molecular flexibility index (Phi) is 2.79. The Morgan fingerprint density at radius 1 is 0.773 bits per heavy atom. The summed E-state index contributed by atoms with van der Waals surface area (Å²) in [5.74, 6) is 1.80. The number of benzene rings is 3. The van der Waals surface area contributed by atoms with E-state index < -0.39 is 0 Å². The number of fused-ring (bicyclic) bond motifs is 2. The summed E-state index contributed by atoms with van der Waals surface area (Å²) in [6, 6.07) is 18.4. The van der Waals surface area contributed by atoms with Crippen LogP contribution in [-0.2, 0) is 6.42 Å². The molecule has 1 aliphatic heterocycles. The predicted octanol–water partition coefficient (Wildman–Crippen LogP) is 4.46. The summed E-state index contributed by atoms with van der Waals surface area (Å²) >= 11 is 0. The van der Waals surface area contributed by atoms with Gasteiger partial charge in [0, 0.05) is 23.6 Å². The lowest BCUT2D eigenvalue weighted by molar-refractivity contribution is 0.451. The summed E-state index contributed by atoms with van der Waals surface area (Å²) in [7, 11) is 0. The summed E-state index contributed by atoms with van der Waals surface area (Å²) in [6.07, 6.45) is 0.752. The second-order valence-electron chi connectivity index (χ2n) is 5.37. The van der Waals surface area contributed by atoms with Gasteiger partial charge in [0.25, 0.3) is 0 Å². The first-order chi connectivity index (χ1) is 10.7. The largest absolute Gasteiger partial charge is 0.508 e. The summed E-state index contributed by atoms with van der Waals surface area (Å²) in [5, 5.41) is 19.6. The van der Waals surface area contributed by atoms with E-state index in [-0.39, 0.29) is 11.5 Å². The highest BCUT2D eigenvalue weighted by molar-refractivity contribution is 5.77. The number of rotatable bonds is 1. The summed E-state index contributed by atoms with van der Waals surface area (Å²) in [6.45, 7) is 0. The molecule has 0 saturated heterocycles. The zero-order valence-electron chi connectivity index (χ0n) is 11.8. The lowest BCUT2D eigenvalue weighted by Gasteiger charge is -2.22. The van der Waals surface area contributed by atoms with Gasteiger partial charge in [-0.1, -0.05) is 30.3 Å². The third-order valence-electron chi connectivity index (χ3n) is 3.96. The maximum atomic E-state index is 10.1. The van der Waals surface area contributed by atoms with Gasteiger partial charge in [-0.15, -0.1) is 0 Å². The van der Waals surface area contributed by atoms with Gasteiger partial charge >= 0.3 is 0 Å². The predicted molar refractivity (Wildman–Crippen MR) is 84.5 cm³/mol. The monoisotopic (exact) mass is 290 g/mol. The highest BCUT2D eigenvalue weighted by Crippen LogP contribution is 2.43. The molecule has 1 aliphatic rings. The number of ether oxygens (including phenoxy) is 1. The SMILES string of the molecule is Oc1ccc(-c2cccc3c2Cc2ccccc2O3)c(O)c1. The summed E-state index contributed by atoms with van der Waals surface area (Å²) < 4.78 is 5.97. The van der Waals surface area contributed by atoms with Crippen molar-refractivity contribution in [2.45, 2.75) is 6.42 Å². The van der Waals surface area contributed by atoms with Gasteiger partial charge in [0.05, 0.1) is 0 Å². The molecular formula is C19H14O3. The van der Waals surface area contributed by atoms with Crippen molar-refractivity contribution in [1.29, 1.82) is 0 Å². The molecule has 0 aromatic heterocycles. The van der Waals surface area contributed by atoms with Crippen molar-refractivity contribution in [2.75, 3.05) is 0 Å². The molecule has 0 fully saturated rings. The molecule has 2 N–H and O–H groups in total. The van der Waals surface area contributed by atoms with E-state index in [1.807, 2.05) is 42.5 Å². The third kappa shape index (κ3) is 1.99. The molecule has 0 spiro atoms. The Balaban J connectivity index is 1.87. The number of phenolic OH excluding ortho intramolecular Hbond substituents is 2. The Morgan fingerprint density at radius 2 is 1.59 bits per heavy atom. The van der Waals surface area contributed by atoms with Crippen LogP contribution < -0.4 is 4.74 Å². The normalized spacial score (nSPS) is 12.2. The second kappa shape index (κ2) is 4.81. The fraction of sp³-hybridized carbons (Fsp3) is 0.0526. The van der Waals surface area contributed by atoms with E-state index >= 15 is 0 Å². The van der Waals surface area contributed by atoms with E-state index in [9.17, 15) is 10.2 Å². The molecule has 0 aliphatic carbocycles. The minimum atomic E-state index is 0.0487. The number of aromatic hydroxyl groups is 2. The maximum Gasteiger partial charge on any atom is 0.131 e. The van der Waals surface area contributed by atoms with Crippen LogP contribution in [0.25, 0.3) is 11.1 Å². The van der Waals surface area contributed by atoms with Crippen molar-refractivity contribution in [3.63, 3.8) is 0 Å². The van der Waals surface area contributed by atoms with Gasteiger partial charge in [0.1, 0.15) is 23.0 Å². The Morgan fingerprint density at radius 3 is 2.45 bits per heavy atom. The first-order valence-electron chi connectivity index (χ1n) is 7.12. The molecule has 0 saturated carbocycles. The van der Waals surface area contributed by atoms with E-state index in [1.165, 1.54) is 6.07 Å². The molecule has 4 rings (SSSR count). The molecular weight excluding hydrogens is 276 g/mol. The lowest BCUT2D eigenvalue weighted by atomic mass is 9.92. The van der Waals surface area contributed by atoms with Gasteiger partial charge in [-0.3, -0.25) is 0 Å². The van der Waals surface area contributed by atoms with Crippen molar-refractivity contribution in [2.24, 2.45) is 0 Å². The highest BCUT2D eigenvalue weighted by atomic mass is 16.5. The molecule has 3 aromatic rings. The highest BCUT2D eigenvalue weighted by Gasteiger charge is 2.21. The third-order valence-corrected chi connectivity index (χ3v) is 3.96. The minimum absolute atomic E-state index is 0.0487. The zero-order chi connectivity index (χ0) is 15.1. The Labute approximate surface area is 128 Å². The minimum Gasteiger partial charge on any atom is -0.508 e. The standard InChI is InChI=1S/C19H14O3/c20-13-8-9-15(17(21)11-13)14-5-3-7-19-16(14)10-12-4-1-2-6-18(12)22-19/h1-9,11,20-21H,10H2. The number of para-hydroxylation sites is 1. The van der Waals surface area contributed by atoms with Crippen molar-refractivity contribution < 1.29 is 14.9 Å². The van der Waals surface area contributed by atoms with Crippen LogP contribution in [0.5, 0.6) is 23.0 Å². The van der Waals surface area contributed by atoms with Gasteiger partial charge in [-0.05, 0) is 35.4 Å². The zero-order valence-corrected chi connectivity index (χ0v) is 11.8. The topological polar surface area (TPSA) is 49.7 Å². The number of hydrogen-bond acceptors (Lipinski definition) is 3. The molecule has 0 atom stereocenters. The number of phenols is 2. The van der Waals surface area contributed by atoms with Crippen molar-refractivity contribution in [3.8, 4) is 34.1 Å². The summed E-state index contributed by atoms with van der Waals surface area (Å²) in [5.41, 5.74) is 3.78. The van der Waals surface area contributed by atoms with Gasteiger partial charge in [-0.2, -0.15) is 0 Å². The second-order valence-corrected chi connectivity index (χ2v) is 5.37. The van der Waals surface area contributed by atoms with Gasteiger partial charge in [0.2, 0.25) is 0 Å². The van der Waals surface area contributed by atoms with Crippen LogP contribution in [0.1, 0.15) is 11.1 Å². The van der Waals surface area contributed by atoms with Crippen molar-refractivity contribution in [1.82, 2.24) is 0 Å². The van der Waals surface area contributed by atoms with Gasteiger partial charge < -0.3 is 14.9 Å². The maximum absolute atomic E-state index is 10.1. The lowest BCUT2D eigenvalue weighted by Crippen LogP contribution is -2.04. The first kappa shape index (κ1) is 12.8. The van der Waals surface area contributed by atoms with Crippen LogP contribution in [0.4, 0.5) is 0 Å². The molecule has 0 bridgehead atoms. The van der Waals surface area contributed by atoms with Crippen molar-refractivity contribution >= 4 is 0 Å². The molecule has 0 amide bonds. The van der Waals surface area contributed by atoms with Crippen LogP contribution >= 0.6 is 0 Å². The van der Waals surface area contributed by atoms with Crippen LogP contribution in [0.15, 0.2) is 60.7 Å². The van der Waals surface area contributed by atoms with E-state index in [1.54, 1.807) is 12.1 Å². The molecule has 3 aromatic carbocycles. The first-order valence-corrected chi connectivity index (χ1v) is 7.12. The Hall–Kier alpha value is -2.94. The Bertz CT molecular complexity index is 868. The van der Waals surface area contributed by atoms with Crippen molar-refractivity contribution in [3.05, 3.63) is 71.8 Å². The smallest absolute Gasteiger partial charge is 0.131 e. The molecule has 1 heterocycles. The fourth-order valence-electron chi connectivity index (χ4n) is 2.90. The number of hydrogen-bond donors (Lipinski definition) is 2. The molecule has 0 unspecified atom stereocenters. The molecule has 3 nitrogen and oxygen atoms in total. The summed E-state index contributed by atoms with van der Waals surface area (Å²) in [4.78, 5) is 0. The molecule has 108 valence electrons. The fourth-order valence-corrected chi connectivity index (χ4v) is 2.90. The van der Waals surface area contributed by atoms with E-state index in [0.29, 0.717) is 5.56 Å². The molecule has 0 radical (unpaired) electrons. The average molecular weight is 290 g/mol. The van der Waals surface area contributed by atoms with E-state index in [0.717, 1.165) is 34.6 Å². The average Bonchev–Trinajstić information content (AvgIpc) is 2.53. The van der Waals surface area contributed by atoms with E-state index in [4.69, 9.17) is 4.74 Å². The van der Waals surface area contributed by atoms with Crippen LogP contribution in [0, 0.1) is 0 Å². The molecule has 3 heteroatoms. The van der Waals surface area contributed by atoms with Crippen LogP contribution in [0.3, 0.4) is 0 Å². The quantitative estimate of drug-likeness (QED) is 0.544. The van der Waals surface area contributed by atoms with Crippen LogP contribution in [-0.4, -0.2) is 10.2 Å².